The molecule has 7 nitrogen and oxygen atoms in total. The van der Waals surface area contributed by atoms with Crippen molar-refractivity contribution in [1.82, 2.24) is 14.6 Å². The second-order valence-electron chi connectivity index (χ2n) is 6.51. The van der Waals surface area contributed by atoms with Crippen molar-refractivity contribution in [1.29, 1.82) is 0 Å². The average Bonchev–Trinajstić information content (AvgIpc) is 3.06. The number of aryl methyl sites for hydroxylation is 1. The number of hydrogen-bond acceptors (Lipinski definition) is 7. The summed E-state index contributed by atoms with van der Waals surface area (Å²) < 4.78 is 15.7. The van der Waals surface area contributed by atoms with Gasteiger partial charge in [-0.2, -0.15) is 4.52 Å². The molecule has 0 unspecified atom stereocenters. The fourth-order valence-electron chi connectivity index (χ4n) is 3.16. The number of aromatic nitrogens is 3. The molecule has 0 spiro atoms. The van der Waals surface area contributed by atoms with Crippen molar-refractivity contribution < 1.29 is 9.18 Å². The van der Waals surface area contributed by atoms with Gasteiger partial charge in [0, 0.05) is 43.5 Å². The summed E-state index contributed by atoms with van der Waals surface area (Å²) in [6.07, 6.45) is 0. The minimum Gasteiger partial charge on any atom is -0.366 e. The van der Waals surface area contributed by atoms with Crippen LogP contribution in [0.2, 0.25) is 0 Å². The van der Waals surface area contributed by atoms with E-state index in [0.717, 1.165) is 5.13 Å². The molecule has 1 fully saturated rings. The number of hydrogen-bond donors (Lipinski definition) is 0. The Balaban J connectivity index is 1.52. The van der Waals surface area contributed by atoms with Crippen LogP contribution in [0.5, 0.6) is 0 Å². The van der Waals surface area contributed by atoms with Crippen LogP contribution in [0.4, 0.5) is 15.2 Å². The lowest BCUT2D eigenvalue weighted by Crippen LogP contribution is -2.46. The van der Waals surface area contributed by atoms with Gasteiger partial charge in [-0.3, -0.25) is 9.59 Å². The molecule has 140 valence electrons. The maximum absolute atomic E-state index is 14.4. The summed E-state index contributed by atoms with van der Waals surface area (Å²) in [5.74, 6) is -0.539. The lowest BCUT2D eigenvalue weighted by molar-refractivity contribution is 0.101. The highest BCUT2D eigenvalue weighted by atomic mass is 32.1. The fraction of sp³-hybridized carbons (Fsp3) is 0.333. The second-order valence-corrected chi connectivity index (χ2v) is 7.45. The zero-order valence-corrected chi connectivity index (χ0v) is 15.8. The molecular weight excluding hydrogens is 369 g/mol. The molecular formula is C18H18FN5O2S. The summed E-state index contributed by atoms with van der Waals surface area (Å²) in [7, 11) is 0. The van der Waals surface area contributed by atoms with Crippen LogP contribution < -0.4 is 15.4 Å². The van der Waals surface area contributed by atoms with Gasteiger partial charge in [0.1, 0.15) is 5.82 Å². The van der Waals surface area contributed by atoms with Gasteiger partial charge in [0.2, 0.25) is 10.1 Å². The summed E-state index contributed by atoms with van der Waals surface area (Å²) in [6, 6.07) is 6.06. The van der Waals surface area contributed by atoms with Gasteiger partial charge in [0.15, 0.2) is 5.78 Å². The van der Waals surface area contributed by atoms with Crippen LogP contribution in [-0.4, -0.2) is 46.6 Å². The average molecular weight is 387 g/mol. The van der Waals surface area contributed by atoms with Gasteiger partial charge in [-0.05, 0) is 32.0 Å². The van der Waals surface area contributed by atoms with Crippen molar-refractivity contribution in [2.75, 3.05) is 36.0 Å². The van der Waals surface area contributed by atoms with Crippen molar-refractivity contribution in [3.63, 3.8) is 0 Å². The molecule has 9 heteroatoms. The van der Waals surface area contributed by atoms with Crippen molar-refractivity contribution in [2.24, 2.45) is 0 Å². The molecule has 1 aromatic carbocycles. The zero-order chi connectivity index (χ0) is 19.1. The number of Topliss-reactive ketones (excluding diaryl/α,β-unsaturated/α-hetero) is 1. The lowest BCUT2D eigenvalue weighted by atomic mass is 10.1. The summed E-state index contributed by atoms with van der Waals surface area (Å²) in [5.41, 5.74) is 1.35. The van der Waals surface area contributed by atoms with Crippen molar-refractivity contribution in [2.45, 2.75) is 13.8 Å². The predicted octanol–water partition coefficient (Wildman–Crippen LogP) is 2.13. The second kappa shape index (κ2) is 6.73. The molecule has 0 N–H and O–H groups in total. The van der Waals surface area contributed by atoms with Crippen molar-refractivity contribution in [3.05, 3.63) is 51.7 Å². The van der Waals surface area contributed by atoms with E-state index < -0.39 is 0 Å². The topological polar surface area (TPSA) is 70.8 Å². The number of anilines is 2. The highest BCUT2D eigenvalue weighted by Gasteiger charge is 2.23. The Hall–Kier alpha value is -2.81. The molecule has 0 aliphatic carbocycles. The monoisotopic (exact) mass is 387 g/mol. The van der Waals surface area contributed by atoms with Crippen molar-refractivity contribution in [3.8, 4) is 0 Å². The number of carbonyl (C=O) groups is 1. The van der Waals surface area contributed by atoms with Crippen LogP contribution in [0, 0.1) is 12.7 Å². The van der Waals surface area contributed by atoms with Gasteiger partial charge < -0.3 is 9.80 Å². The summed E-state index contributed by atoms with van der Waals surface area (Å²) >= 11 is 1.37. The molecule has 1 aliphatic heterocycles. The Kier molecular flexibility index (Phi) is 4.39. The van der Waals surface area contributed by atoms with E-state index in [1.165, 1.54) is 34.9 Å². The molecule has 1 saturated heterocycles. The summed E-state index contributed by atoms with van der Waals surface area (Å²) in [4.78, 5) is 32.4. The molecule has 2 aromatic heterocycles. The first-order chi connectivity index (χ1) is 12.9. The zero-order valence-electron chi connectivity index (χ0n) is 15.0. The highest BCUT2D eigenvalue weighted by molar-refractivity contribution is 7.20. The maximum Gasteiger partial charge on any atom is 0.275 e. The van der Waals surface area contributed by atoms with E-state index in [2.05, 4.69) is 15.0 Å². The lowest BCUT2D eigenvalue weighted by Gasteiger charge is -2.35. The van der Waals surface area contributed by atoms with E-state index in [4.69, 9.17) is 0 Å². The number of fused-ring (bicyclic) bond motifs is 1. The predicted molar refractivity (Wildman–Crippen MR) is 103 cm³/mol. The molecule has 27 heavy (non-hydrogen) atoms. The van der Waals surface area contributed by atoms with Crippen molar-refractivity contribution >= 4 is 32.9 Å². The van der Waals surface area contributed by atoms with Crippen LogP contribution in [0.25, 0.3) is 4.96 Å². The number of nitrogens with zero attached hydrogens (tertiary/aromatic N) is 5. The van der Waals surface area contributed by atoms with E-state index in [9.17, 15) is 14.0 Å². The number of carbonyl (C=O) groups excluding carboxylic acids is 1. The minimum atomic E-state index is -0.387. The van der Waals surface area contributed by atoms with Crippen LogP contribution in [0.15, 0.2) is 29.1 Å². The third-order valence-electron chi connectivity index (χ3n) is 4.61. The fourth-order valence-corrected chi connectivity index (χ4v) is 4.16. The summed E-state index contributed by atoms with van der Waals surface area (Å²) in [6.45, 7) is 5.75. The molecule has 0 radical (unpaired) electrons. The summed E-state index contributed by atoms with van der Waals surface area (Å²) in [5, 5.41) is 5.11. The van der Waals surface area contributed by atoms with E-state index in [0.29, 0.717) is 48.1 Å². The van der Waals surface area contributed by atoms with Gasteiger partial charge in [0.05, 0.1) is 5.69 Å². The number of piperazine rings is 1. The first-order valence-electron chi connectivity index (χ1n) is 8.60. The van der Waals surface area contributed by atoms with Gasteiger partial charge in [-0.15, -0.1) is 5.10 Å². The molecule has 3 aromatic rings. The minimum absolute atomic E-state index is 0.153. The Morgan fingerprint density at radius 1 is 1.15 bits per heavy atom. The van der Waals surface area contributed by atoms with Crippen LogP contribution in [-0.2, 0) is 0 Å². The molecule has 0 bridgehead atoms. The molecule has 0 saturated carbocycles. The number of ketones is 1. The van der Waals surface area contributed by atoms with Gasteiger partial charge in [-0.25, -0.2) is 9.37 Å². The maximum atomic E-state index is 14.4. The van der Waals surface area contributed by atoms with Gasteiger partial charge in [0.25, 0.3) is 5.56 Å². The normalized spacial score (nSPS) is 14.8. The SMILES string of the molecule is CC(=O)c1ccc(N2CCN(c3nn4c(=O)cc(C)nc4s3)CC2)c(F)c1. The number of halogens is 1. The van der Waals surface area contributed by atoms with E-state index in [-0.39, 0.29) is 17.2 Å². The molecule has 4 rings (SSSR count). The van der Waals surface area contributed by atoms with E-state index >= 15 is 0 Å². The van der Waals surface area contributed by atoms with Crippen LogP contribution in [0.3, 0.4) is 0 Å². The Morgan fingerprint density at radius 3 is 2.52 bits per heavy atom. The van der Waals surface area contributed by atoms with Crippen LogP contribution in [0.1, 0.15) is 23.0 Å². The first kappa shape index (κ1) is 17.6. The Labute approximate surface area is 158 Å². The number of rotatable bonds is 3. The molecule has 0 amide bonds. The highest BCUT2D eigenvalue weighted by Crippen LogP contribution is 2.26. The Morgan fingerprint density at radius 2 is 1.85 bits per heavy atom. The number of benzene rings is 1. The smallest absolute Gasteiger partial charge is 0.275 e. The largest absolute Gasteiger partial charge is 0.366 e. The third kappa shape index (κ3) is 3.30. The van der Waals surface area contributed by atoms with Gasteiger partial charge >= 0.3 is 0 Å². The van der Waals surface area contributed by atoms with E-state index in [1.807, 2.05) is 4.90 Å². The first-order valence-corrected chi connectivity index (χ1v) is 9.42. The standard InChI is InChI=1S/C18H18FN5O2S/c1-11-9-16(26)24-17(20-11)27-18(21-24)23-7-5-22(6-8-23)15-4-3-13(12(2)25)10-14(15)19/h3-4,9-10H,5-8H2,1-2H3. The molecule has 3 heterocycles. The molecule has 0 atom stereocenters. The molecule has 1 aliphatic rings. The Bertz CT molecular complexity index is 1090. The van der Waals surface area contributed by atoms with Crippen LogP contribution >= 0.6 is 11.3 Å². The quantitative estimate of drug-likeness (QED) is 0.641. The van der Waals surface area contributed by atoms with E-state index in [1.54, 1.807) is 19.1 Å². The third-order valence-corrected chi connectivity index (χ3v) is 5.58. The van der Waals surface area contributed by atoms with Gasteiger partial charge in [-0.1, -0.05) is 11.3 Å².